The highest BCUT2D eigenvalue weighted by molar-refractivity contribution is 9.10. The molecule has 1 saturated carbocycles. The molecule has 1 heterocycles. The zero-order chi connectivity index (χ0) is 14.5. The molecule has 1 aromatic rings. The second-order valence-corrected chi connectivity index (χ2v) is 7.79. The van der Waals surface area contributed by atoms with Crippen LogP contribution in [0, 0.1) is 0 Å². The Kier molecular flexibility index (Phi) is 6.02. The van der Waals surface area contributed by atoms with Gasteiger partial charge in [0.1, 0.15) is 5.69 Å². The molecule has 1 fully saturated rings. The Morgan fingerprint density at radius 3 is 3.00 bits per heavy atom. The lowest BCUT2D eigenvalue weighted by Gasteiger charge is -2.14. The summed E-state index contributed by atoms with van der Waals surface area (Å²) < 4.78 is 3.01. The van der Waals surface area contributed by atoms with E-state index in [1.807, 2.05) is 28.6 Å². The maximum atomic E-state index is 12.4. The number of amides is 1. The molecule has 2 atom stereocenters. The van der Waals surface area contributed by atoms with Gasteiger partial charge < -0.3 is 9.88 Å². The molecule has 0 radical (unpaired) electrons. The van der Waals surface area contributed by atoms with Crippen molar-refractivity contribution in [2.45, 2.75) is 57.4 Å². The van der Waals surface area contributed by atoms with Crippen molar-refractivity contribution in [2.24, 2.45) is 0 Å². The van der Waals surface area contributed by atoms with Gasteiger partial charge in [-0.15, -0.1) is 0 Å². The average Bonchev–Trinajstić information content (AvgIpc) is 2.97. The number of nitrogens with one attached hydrogen (secondary N) is 1. The van der Waals surface area contributed by atoms with Gasteiger partial charge in [0.15, 0.2) is 0 Å². The summed E-state index contributed by atoms with van der Waals surface area (Å²) >= 11 is 5.48. The fourth-order valence-corrected chi connectivity index (χ4v) is 4.42. The third kappa shape index (κ3) is 4.04. The predicted octanol–water partition coefficient (Wildman–Crippen LogP) is 4.06. The second kappa shape index (κ2) is 7.55. The van der Waals surface area contributed by atoms with Crippen LogP contribution in [-0.4, -0.2) is 27.5 Å². The molecular formula is C15H23BrN2OS. The lowest BCUT2D eigenvalue weighted by atomic mass is 10.2. The molecular weight excluding hydrogens is 336 g/mol. The molecule has 2 unspecified atom stereocenters. The molecule has 1 N–H and O–H groups in total. The van der Waals surface area contributed by atoms with Gasteiger partial charge >= 0.3 is 0 Å². The quantitative estimate of drug-likeness (QED) is 0.831. The summed E-state index contributed by atoms with van der Waals surface area (Å²) in [4.78, 5) is 12.4. The number of halogens is 1. The van der Waals surface area contributed by atoms with E-state index in [0.29, 0.717) is 6.04 Å². The second-order valence-electron chi connectivity index (χ2n) is 5.30. The standard InChI is InChI=1S/C15H23BrN2OS/c1-3-7-18-10-11(16)8-14(18)15(19)17-12-5-6-13(9-12)20-4-2/h8,10,12-13H,3-7,9H2,1-2H3,(H,17,19). The summed E-state index contributed by atoms with van der Waals surface area (Å²) in [5.41, 5.74) is 0.769. The van der Waals surface area contributed by atoms with Gasteiger partial charge in [-0.1, -0.05) is 13.8 Å². The molecule has 2 rings (SSSR count). The third-order valence-electron chi connectivity index (χ3n) is 3.68. The molecule has 0 bridgehead atoms. The van der Waals surface area contributed by atoms with Crippen LogP contribution in [0.2, 0.25) is 0 Å². The first-order valence-electron chi connectivity index (χ1n) is 7.42. The minimum atomic E-state index is 0.0660. The fraction of sp³-hybridized carbons (Fsp3) is 0.667. The van der Waals surface area contributed by atoms with Crippen molar-refractivity contribution in [1.29, 1.82) is 0 Å². The topological polar surface area (TPSA) is 34.0 Å². The van der Waals surface area contributed by atoms with E-state index in [9.17, 15) is 4.79 Å². The van der Waals surface area contributed by atoms with Gasteiger partial charge in [0.25, 0.3) is 5.91 Å². The number of hydrogen-bond donors (Lipinski definition) is 1. The highest BCUT2D eigenvalue weighted by Crippen LogP contribution is 2.30. The third-order valence-corrected chi connectivity index (χ3v) is 5.35. The number of carbonyl (C=O) groups is 1. The van der Waals surface area contributed by atoms with Crippen LogP contribution < -0.4 is 5.32 Å². The first kappa shape index (κ1) is 16.0. The Morgan fingerprint density at radius 1 is 1.50 bits per heavy atom. The number of carbonyl (C=O) groups excluding carboxylic acids is 1. The predicted molar refractivity (Wildman–Crippen MR) is 89.4 cm³/mol. The largest absolute Gasteiger partial charge is 0.348 e. The molecule has 0 aromatic carbocycles. The van der Waals surface area contributed by atoms with Crippen molar-refractivity contribution in [3.8, 4) is 0 Å². The minimum Gasteiger partial charge on any atom is -0.348 e. The minimum absolute atomic E-state index is 0.0660. The Hall–Kier alpha value is -0.420. The van der Waals surface area contributed by atoms with E-state index in [1.165, 1.54) is 6.42 Å². The highest BCUT2D eigenvalue weighted by Gasteiger charge is 2.26. The van der Waals surface area contributed by atoms with E-state index >= 15 is 0 Å². The van der Waals surface area contributed by atoms with Crippen molar-refractivity contribution >= 4 is 33.6 Å². The Bertz CT molecular complexity index is 461. The highest BCUT2D eigenvalue weighted by atomic mass is 79.9. The van der Waals surface area contributed by atoms with Crippen molar-refractivity contribution in [3.63, 3.8) is 0 Å². The van der Waals surface area contributed by atoms with Crippen LogP contribution in [0.1, 0.15) is 50.0 Å². The average molecular weight is 359 g/mol. The smallest absolute Gasteiger partial charge is 0.268 e. The lowest BCUT2D eigenvalue weighted by molar-refractivity contribution is 0.0928. The Balaban J connectivity index is 1.95. The van der Waals surface area contributed by atoms with Crippen molar-refractivity contribution in [3.05, 3.63) is 22.4 Å². The van der Waals surface area contributed by atoms with Crippen LogP contribution in [0.5, 0.6) is 0 Å². The van der Waals surface area contributed by atoms with Gasteiger partial charge in [-0.2, -0.15) is 11.8 Å². The monoisotopic (exact) mass is 358 g/mol. The van der Waals surface area contributed by atoms with Crippen molar-refractivity contribution in [2.75, 3.05) is 5.75 Å². The molecule has 0 spiro atoms. The maximum Gasteiger partial charge on any atom is 0.268 e. The van der Waals surface area contributed by atoms with E-state index in [-0.39, 0.29) is 5.91 Å². The van der Waals surface area contributed by atoms with E-state index in [1.54, 1.807) is 0 Å². The number of nitrogens with zero attached hydrogens (tertiary/aromatic N) is 1. The van der Waals surface area contributed by atoms with Gasteiger partial charge in [0.2, 0.25) is 0 Å². The first-order chi connectivity index (χ1) is 9.63. The first-order valence-corrected chi connectivity index (χ1v) is 9.26. The van der Waals surface area contributed by atoms with Crippen LogP contribution in [-0.2, 0) is 6.54 Å². The molecule has 0 saturated heterocycles. The van der Waals surface area contributed by atoms with E-state index in [4.69, 9.17) is 0 Å². The molecule has 1 aliphatic carbocycles. The molecule has 112 valence electrons. The summed E-state index contributed by atoms with van der Waals surface area (Å²) in [5.74, 6) is 1.23. The van der Waals surface area contributed by atoms with E-state index < -0.39 is 0 Å². The number of rotatable bonds is 6. The van der Waals surface area contributed by atoms with Crippen LogP contribution in [0.3, 0.4) is 0 Å². The number of aromatic nitrogens is 1. The molecule has 3 nitrogen and oxygen atoms in total. The van der Waals surface area contributed by atoms with Crippen molar-refractivity contribution in [1.82, 2.24) is 9.88 Å². The van der Waals surface area contributed by atoms with Gasteiger partial charge in [0.05, 0.1) is 0 Å². The fourth-order valence-electron chi connectivity index (χ4n) is 2.81. The molecule has 1 aliphatic rings. The molecule has 1 aromatic heterocycles. The van der Waals surface area contributed by atoms with Crippen molar-refractivity contribution < 1.29 is 4.79 Å². The molecule has 5 heteroatoms. The van der Waals surface area contributed by atoms with E-state index in [2.05, 4.69) is 35.1 Å². The van der Waals surface area contributed by atoms with Gasteiger partial charge in [-0.25, -0.2) is 0 Å². The Morgan fingerprint density at radius 2 is 2.30 bits per heavy atom. The summed E-state index contributed by atoms with van der Waals surface area (Å²) in [7, 11) is 0. The summed E-state index contributed by atoms with van der Waals surface area (Å²) in [6.07, 6.45) is 6.46. The number of hydrogen-bond acceptors (Lipinski definition) is 2. The van der Waals surface area contributed by atoms with Crippen LogP contribution in [0.15, 0.2) is 16.7 Å². The van der Waals surface area contributed by atoms with Crippen LogP contribution in [0.25, 0.3) is 0 Å². The summed E-state index contributed by atoms with van der Waals surface area (Å²) in [6.45, 7) is 5.21. The normalized spacial score (nSPS) is 22.1. The van der Waals surface area contributed by atoms with Crippen LogP contribution in [0.4, 0.5) is 0 Å². The zero-order valence-corrected chi connectivity index (χ0v) is 14.6. The zero-order valence-electron chi connectivity index (χ0n) is 12.2. The lowest BCUT2D eigenvalue weighted by Crippen LogP contribution is -2.34. The van der Waals surface area contributed by atoms with Gasteiger partial charge in [0, 0.05) is 28.5 Å². The number of aryl methyl sites for hydroxylation is 1. The molecule has 20 heavy (non-hydrogen) atoms. The molecule has 0 aliphatic heterocycles. The Labute approximate surface area is 134 Å². The van der Waals surface area contributed by atoms with E-state index in [0.717, 1.165) is 47.0 Å². The summed E-state index contributed by atoms with van der Waals surface area (Å²) in [6, 6.07) is 2.26. The summed E-state index contributed by atoms with van der Waals surface area (Å²) in [5, 5.41) is 3.92. The SMILES string of the molecule is CCCn1cc(Br)cc1C(=O)NC1CCC(SCC)C1. The van der Waals surface area contributed by atoms with Gasteiger partial charge in [-0.3, -0.25) is 4.79 Å². The van der Waals surface area contributed by atoms with Gasteiger partial charge in [-0.05, 0) is 53.4 Å². The van der Waals surface area contributed by atoms with Crippen LogP contribution >= 0.6 is 27.7 Å². The number of thioether (sulfide) groups is 1. The molecule has 1 amide bonds. The maximum absolute atomic E-state index is 12.4.